The summed E-state index contributed by atoms with van der Waals surface area (Å²) in [6.45, 7) is 1.28. The molecule has 0 aromatic heterocycles. The van der Waals surface area contributed by atoms with Crippen LogP contribution in [0.15, 0.2) is 36.4 Å². The summed E-state index contributed by atoms with van der Waals surface area (Å²) in [6, 6.07) is 11.0. The molecule has 1 heterocycles. The minimum atomic E-state index is -0.736. The number of nitrogens with zero attached hydrogens (tertiary/aromatic N) is 1. The van der Waals surface area contributed by atoms with Crippen LogP contribution in [0, 0.1) is 5.92 Å². The summed E-state index contributed by atoms with van der Waals surface area (Å²) in [6.07, 6.45) is 1.18. The van der Waals surface area contributed by atoms with Gasteiger partial charge in [-0.3, -0.25) is 9.69 Å². The van der Waals surface area contributed by atoms with Crippen molar-refractivity contribution in [3.8, 4) is 11.5 Å². The highest BCUT2D eigenvalue weighted by molar-refractivity contribution is 6.42. The number of ether oxygens (including phenoxy) is 2. The number of methoxy groups -OCH3 is 2. The molecule has 0 amide bonds. The van der Waals surface area contributed by atoms with Crippen molar-refractivity contribution in [2.45, 2.75) is 18.9 Å². The Morgan fingerprint density at radius 2 is 1.68 bits per heavy atom. The van der Waals surface area contributed by atoms with E-state index in [1.165, 1.54) is 0 Å². The van der Waals surface area contributed by atoms with Crippen LogP contribution in [0.1, 0.15) is 30.0 Å². The maximum absolute atomic E-state index is 11.4. The Balaban J connectivity index is 2.08. The maximum atomic E-state index is 11.4. The van der Waals surface area contributed by atoms with Crippen molar-refractivity contribution in [1.82, 2.24) is 4.90 Å². The van der Waals surface area contributed by atoms with Crippen molar-refractivity contribution >= 4 is 29.2 Å². The van der Waals surface area contributed by atoms with Gasteiger partial charge in [0.25, 0.3) is 0 Å². The molecule has 0 saturated carbocycles. The molecule has 1 aliphatic rings. The molecular formula is C21H23Cl2NO4. The molecule has 1 saturated heterocycles. The number of aliphatic carboxylic acids is 1. The van der Waals surface area contributed by atoms with E-state index >= 15 is 0 Å². The lowest BCUT2D eigenvalue weighted by atomic mass is 9.90. The predicted molar refractivity (Wildman–Crippen MR) is 110 cm³/mol. The standard InChI is InChI=1S/C21H23Cl2NO4/c1-27-17-4-3-5-18(28-2)19(17)20(14-6-7-15(22)16(23)12-14)24-10-8-13(9-11-24)21(25)26/h3-7,12-13,20H,8-11H2,1-2H3,(H,25,26). The summed E-state index contributed by atoms with van der Waals surface area (Å²) in [4.78, 5) is 13.6. The molecule has 3 rings (SSSR count). The lowest BCUT2D eigenvalue weighted by Crippen LogP contribution is -2.39. The first-order valence-corrected chi connectivity index (χ1v) is 9.84. The zero-order valence-electron chi connectivity index (χ0n) is 15.8. The van der Waals surface area contributed by atoms with Crippen LogP contribution in [0.2, 0.25) is 10.0 Å². The van der Waals surface area contributed by atoms with Gasteiger partial charge in [-0.2, -0.15) is 0 Å². The maximum Gasteiger partial charge on any atom is 0.306 e. The van der Waals surface area contributed by atoms with Crippen LogP contribution >= 0.6 is 23.2 Å². The molecule has 0 aliphatic carbocycles. The molecule has 0 spiro atoms. The van der Waals surface area contributed by atoms with Crippen LogP contribution < -0.4 is 9.47 Å². The van der Waals surface area contributed by atoms with Crippen LogP contribution in [0.5, 0.6) is 11.5 Å². The average molecular weight is 424 g/mol. The molecule has 1 atom stereocenters. The first-order chi connectivity index (χ1) is 13.5. The number of hydrogen-bond donors (Lipinski definition) is 1. The van der Waals surface area contributed by atoms with Crippen LogP contribution in [0.25, 0.3) is 0 Å². The second kappa shape index (κ2) is 9.03. The van der Waals surface area contributed by atoms with E-state index in [1.807, 2.05) is 30.3 Å². The lowest BCUT2D eigenvalue weighted by molar-refractivity contribution is -0.143. The van der Waals surface area contributed by atoms with E-state index in [4.69, 9.17) is 32.7 Å². The first-order valence-electron chi connectivity index (χ1n) is 9.09. The van der Waals surface area contributed by atoms with Gasteiger partial charge in [0.2, 0.25) is 0 Å². The molecule has 1 fully saturated rings. The van der Waals surface area contributed by atoms with Crippen LogP contribution in [-0.4, -0.2) is 43.3 Å². The number of piperidine rings is 1. The van der Waals surface area contributed by atoms with E-state index in [1.54, 1.807) is 20.3 Å². The summed E-state index contributed by atoms with van der Waals surface area (Å²) >= 11 is 12.4. The van der Waals surface area contributed by atoms with Gasteiger partial charge < -0.3 is 14.6 Å². The fourth-order valence-corrected chi connectivity index (χ4v) is 4.10. The van der Waals surface area contributed by atoms with E-state index < -0.39 is 5.97 Å². The molecule has 1 N–H and O–H groups in total. The number of carbonyl (C=O) groups is 1. The van der Waals surface area contributed by atoms with Gasteiger partial charge in [0.1, 0.15) is 11.5 Å². The third kappa shape index (κ3) is 4.22. The summed E-state index contributed by atoms with van der Waals surface area (Å²) in [5.41, 5.74) is 1.84. The number of carboxylic acids is 1. The van der Waals surface area contributed by atoms with E-state index in [-0.39, 0.29) is 12.0 Å². The van der Waals surface area contributed by atoms with E-state index in [0.717, 1.165) is 11.1 Å². The second-order valence-electron chi connectivity index (χ2n) is 6.80. The third-order valence-corrected chi connectivity index (χ3v) is 5.98. The zero-order chi connectivity index (χ0) is 20.3. The predicted octanol–water partition coefficient (Wildman–Crippen LogP) is 4.90. The quantitative estimate of drug-likeness (QED) is 0.715. The minimum absolute atomic E-state index is 0.199. The largest absolute Gasteiger partial charge is 0.496 e. The molecular weight excluding hydrogens is 401 g/mol. The summed E-state index contributed by atoms with van der Waals surface area (Å²) < 4.78 is 11.3. The van der Waals surface area contributed by atoms with Gasteiger partial charge in [-0.1, -0.05) is 35.3 Å². The Morgan fingerprint density at radius 3 is 2.18 bits per heavy atom. The third-order valence-electron chi connectivity index (χ3n) is 5.24. The number of likely N-dealkylation sites (tertiary alicyclic amines) is 1. The number of halogens is 2. The second-order valence-corrected chi connectivity index (χ2v) is 7.62. The van der Waals surface area contributed by atoms with Crippen LogP contribution in [-0.2, 0) is 4.79 Å². The van der Waals surface area contributed by atoms with Gasteiger partial charge >= 0.3 is 5.97 Å². The molecule has 150 valence electrons. The molecule has 5 nitrogen and oxygen atoms in total. The molecule has 0 bridgehead atoms. The van der Waals surface area contributed by atoms with Crippen molar-refractivity contribution in [2.24, 2.45) is 5.92 Å². The van der Waals surface area contributed by atoms with Gasteiger partial charge in [0.05, 0.1) is 41.8 Å². The highest BCUT2D eigenvalue weighted by atomic mass is 35.5. The number of carboxylic acid groups (broad SMARTS) is 1. The smallest absolute Gasteiger partial charge is 0.306 e. The molecule has 1 unspecified atom stereocenters. The van der Waals surface area contributed by atoms with Crippen molar-refractivity contribution in [3.05, 3.63) is 57.6 Å². The molecule has 28 heavy (non-hydrogen) atoms. The first kappa shape index (κ1) is 20.8. The Hall–Kier alpha value is -1.95. The summed E-state index contributed by atoms with van der Waals surface area (Å²) in [5.74, 6) is 0.359. The fourth-order valence-electron chi connectivity index (χ4n) is 3.80. The molecule has 0 radical (unpaired) electrons. The summed E-state index contributed by atoms with van der Waals surface area (Å²) in [5, 5.41) is 10.3. The van der Waals surface area contributed by atoms with Crippen molar-refractivity contribution in [1.29, 1.82) is 0 Å². The molecule has 1 aliphatic heterocycles. The number of rotatable bonds is 6. The van der Waals surface area contributed by atoms with E-state index in [9.17, 15) is 9.90 Å². The molecule has 2 aromatic rings. The van der Waals surface area contributed by atoms with Gasteiger partial charge in [0.15, 0.2) is 0 Å². The number of hydrogen-bond acceptors (Lipinski definition) is 4. The van der Waals surface area contributed by atoms with Crippen LogP contribution in [0.3, 0.4) is 0 Å². The monoisotopic (exact) mass is 423 g/mol. The normalized spacial score (nSPS) is 16.6. The van der Waals surface area contributed by atoms with Gasteiger partial charge in [-0.05, 0) is 55.8 Å². The summed E-state index contributed by atoms with van der Waals surface area (Å²) in [7, 11) is 3.25. The number of benzene rings is 2. The highest BCUT2D eigenvalue weighted by Crippen LogP contribution is 2.43. The Kier molecular flexibility index (Phi) is 6.70. The van der Waals surface area contributed by atoms with Crippen molar-refractivity contribution in [3.63, 3.8) is 0 Å². The SMILES string of the molecule is COc1cccc(OC)c1C(c1ccc(Cl)c(Cl)c1)N1CCC(C(=O)O)CC1. The van der Waals surface area contributed by atoms with Gasteiger partial charge in [-0.15, -0.1) is 0 Å². The average Bonchev–Trinajstić information content (AvgIpc) is 2.71. The van der Waals surface area contributed by atoms with Crippen LogP contribution in [0.4, 0.5) is 0 Å². The Labute approximate surface area is 174 Å². The topological polar surface area (TPSA) is 59.0 Å². The van der Waals surface area contributed by atoms with Crippen molar-refractivity contribution in [2.75, 3.05) is 27.3 Å². The molecule has 7 heteroatoms. The Morgan fingerprint density at radius 1 is 1.07 bits per heavy atom. The van der Waals surface area contributed by atoms with Crippen molar-refractivity contribution < 1.29 is 19.4 Å². The fraction of sp³-hybridized carbons (Fsp3) is 0.381. The minimum Gasteiger partial charge on any atom is -0.496 e. The zero-order valence-corrected chi connectivity index (χ0v) is 17.3. The highest BCUT2D eigenvalue weighted by Gasteiger charge is 2.33. The van der Waals surface area contributed by atoms with Gasteiger partial charge in [0, 0.05) is 0 Å². The van der Waals surface area contributed by atoms with E-state index in [2.05, 4.69) is 4.90 Å². The molecule has 2 aromatic carbocycles. The lowest BCUT2D eigenvalue weighted by Gasteiger charge is -2.38. The van der Waals surface area contributed by atoms with Gasteiger partial charge in [-0.25, -0.2) is 0 Å². The van der Waals surface area contributed by atoms with E-state index in [0.29, 0.717) is 47.5 Å². The Bertz CT molecular complexity index is 828.